The van der Waals surface area contributed by atoms with Gasteiger partial charge in [0, 0.05) is 93.4 Å². The quantitative estimate of drug-likeness (QED) is 0.0802. The maximum Gasteiger partial charge on any atom is 0.275 e. The molecule has 9 aromatic rings. The molecule has 13 nitrogen and oxygen atoms in total. The van der Waals surface area contributed by atoms with Gasteiger partial charge in [0.15, 0.2) is 17.5 Å². The lowest BCUT2D eigenvalue weighted by Crippen LogP contribution is -2.39. The third-order valence-corrected chi connectivity index (χ3v) is 20.4. The second-order valence-electron chi connectivity index (χ2n) is 36.4. The van der Waals surface area contributed by atoms with E-state index in [1.54, 1.807) is 12.1 Å². The molecule has 0 amide bonds. The molecule has 15 heteroatoms. The molecule has 5 aromatic heterocycles. The molecule has 110 heavy (non-hydrogen) atoms. The Morgan fingerprint density at radius 2 is 0.755 bits per heavy atom. The van der Waals surface area contributed by atoms with E-state index in [0.717, 1.165) is 153 Å². The zero-order valence-electron chi connectivity index (χ0n) is 73.2. The minimum Gasteiger partial charge on any atom is -0.494 e. The van der Waals surface area contributed by atoms with Gasteiger partial charge in [-0.1, -0.05) is 215 Å². The minimum atomic E-state index is -2.82. The normalized spacial score (nSPS) is 13.0. The summed E-state index contributed by atoms with van der Waals surface area (Å²) in [6, 6.07) is 31.0. The summed E-state index contributed by atoms with van der Waals surface area (Å²) < 4.78 is 39.6. The molecule has 1 aliphatic rings. The molecule has 596 valence electrons. The van der Waals surface area contributed by atoms with E-state index in [4.69, 9.17) is 34.4 Å². The fourth-order valence-corrected chi connectivity index (χ4v) is 13.5. The minimum absolute atomic E-state index is 0.0294. The number of anilines is 1. The summed E-state index contributed by atoms with van der Waals surface area (Å²) in [7, 11) is 0. The van der Waals surface area contributed by atoms with Gasteiger partial charge in [-0.2, -0.15) is 0 Å². The average Bonchev–Trinajstić information content (AvgIpc) is 0.806. The predicted octanol–water partition coefficient (Wildman–Crippen LogP) is 25.8. The van der Waals surface area contributed by atoms with E-state index in [-0.39, 0.29) is 11.0 Å². The Labute approximate surface area is 662 Å². The maximum absolute atomic E-state index is 14.0. The van der Waals surface area contributed by atoms with E-state index >= 15 is 0 Å². The SMILES string of the molecule is Cc1nc(-c2ccc(C(C)(C)C)cc2)cnc1C(C)C.Cc1nc(-c2ccc(C(F)(F)C(C)C)cc2)ncc1C(C)C.Cc1nc(-c2ccc(OCCC(C)(C)C)cc2)nc(C)c1C(C)C.Cc1nc(-c2ccc(OCCC(C)(C)C)cc2)ncc1C(C)C.Cc1nc(N2CCC(C(C)(C)C)CC2)nc(C)c1C(C)C. The second kappa shape index (κ2) is 39.1. The monoisotopic (exact) mass is 1500 g/mol. The van der Waals surface area contributed by atoms with Crippen molar-refractivity contribution in [2.75, 3.05) is 31.2 Å². The number of halogens is 2. The first-order chi connectivity index (χ1) is 51.1. The summed E-state index contributed by atoms with van der Waals surface area (Å²) in [4.78, 5) is 48.6. The van der Waals surface area contributed by atoms with Crippen LogP contribution in [0.15, 0.2) is 116 Å². The van der Waals surface area contributed by atoms with E-state index in [0.29, 0.717) is 51.7 Å². The number of benzene rings is 4. The lowest BCUT2D eigenvalue weighted by molar-refractivity contribution is -0.0513. The fraction of sp³-hybridized carbons (Fsp3) is 0.537. The first-order valence-corrected chi connectivity index (χ1v) is 40.2. The number of ether oxygens (including phenoxy) is 2. The fourth-order valence-electron chi connectivity index (χ4n) is 13.5. The van der Waals surface area contributed by atoms with Gasteiger partial charge in [-0.25, -0.2) is 53.6 Å². The molecule has 0 N–H and O–H groups in total. The van der Waals surface area contributed by atoms with Crippen molar-refractivity contribution in [3.63, 3.8) is 0 Å². The van der Waals surface area contributed by atoms with Crippen molar-refractivity contribution in [2.24, 2.45) is 28.1 Å². The van der Waals surface area contributed by atoms with Crippen LogP contribution in [0.1, 0.15) is 300 Å². The molecule has 0 spiro atoms. The molecular weight excluding hydrogens is 1370 g/mol. The number of nitrogens with zero attached hydrogens (tertiary/aromatic N) is 11. The summed E-state index contributed by atoms with van der Waals surface area (Å²) in [6.45, 7) is 69.8. The van der Waals surface area contributed by atoms with E-state index in [1.165, 1.54) is 61.1 Å². The second-order valence-corrected chi connectivity index (χ2v) is 36.4. The zero-order chi connectivity index (χ0) is 82.1. The highest BCUT2D eigenvalue weighted by Gasteiger charge is 2.36. The summed E-state index contributed by atoms with van der Waals surface area (Å²) in [6.07, 6.45) is 10.2. The Balaban J connectivity index is 0.000000215. The van der Waals surface area contributed by atoms with Crippen molar-refractivity contribution in [3.05, 3.63) is 195 Å². The Morgan fingerprint density at radius 3 is 1.09 bits per heavy atom. The van der Waals surface area contributed by atoms with Crippen molar-refractivity contribution in [1.82, 2.24) is 49.8 Å². The van der Waals surface area contributed by atoms with E-state index in [9.17, 15) is 8.78 Å². The molecule has 1 aliphatic heterocycles. The van der Waals surface area contributed by atoms with E-state index < -0.39 is 11.8 Å². The third kappa shape index (κ3) is 26.6. The number of aromatic nitrogens is 10. The first kappa shape index (κ1) is 90.4. The van der Waals surface area contributed by atoms with Gasteiger partial charge in [0.25, 0.3) is 5.92 Å². The van der Waals surface area contributed by atoms with Crippen molar-refractivity contribution in [1.29, 1.82) is 0 Å². The van der Waals surface area contributed by atoms with Gasteiger partial charge in [0.05, 0.1) is 36.5 Å². The Hall–Kier alpha value is -8.46. The number of alkyl halides is 2. The van der Waals surface area contributed by atoms with Gasteiger partial charge >= 0.3 is 0 Å². The molecule has 6 heterocycles. The molecule has 1 saturated heterocycles. The molecule has 0 aliphatic carbocycles. The van der Waals surface area contributed by atoms with Crippen LogP contribution in [0.2, 0.25) is 0 Å². The number of piperidine rings is 1. The van der Waals surface area contributed by atoms with Gasteiger partial charge in [-0.05, 0) is 208 Å². The highest BCUT2D eigenvalue weighted by Crippen LogP contribution is 2.39. The molecule has 1 fully saturated rings. The van der Waals surface area contributed by atoms with Gasteiger partial charge in [-0.15, -0.1) is 0 Å². The third-order valence-electron chi connectivity index (χ3n) is 20.4. The van der Waals surface area contributed by atoms with Crippen LogP contribution in [0.5, 0.6) is 11.5 Å². The average molecular weight is 1500 g/mol. The smallest absolute Gasteiger partial charge is 0.275 e. The Morgan fingerprint density at radius 1 is 0.391 bits per heavy atom. The van der Waals surface area contributed by atoms with Crippen LogP contribution in [-0.2, 0) is 11.3 Å². The number of hydrogen-bond donors (Lipinski definition) is 0. The summed E-state index contributed by atoms with van der Waals surface area (Å²) >= 11 is 0. The van der Waals surface area contributed by atoms with Crippen LogP contribution in [0.25, 0.3) is 45.4 Å². The number of aryl methyl sites for hydroxylation is 7. The number of rotatable bonds is 18. The molecule has 0 unspecified atom stereocenters. The van der Waals surface area contributed by atoms with E-state index in [1.807, 2.05) is 87.9 Å². The summed E-state index contributed by atoms with van der Waals surface area (Å²) in [5.74, 6) is 4.27. The Bertz CT molecular complexity index is 4310. The van der Waals surface area contributed by atoms with Gasteiger partial charge in [0.1, 0.15) is 11.5 Å². The lowest BCUT2D eigenvalue weighted by atomic mass is 9.75. The molecule has 0 bridgehead atoms. The maximum atomic E-state index is 14.0. The number of hydrogen-bond acceptors (Lipinski definition) is 13. The molecular formula is C95H135F2N11O2. The highest BCUT2D eigenvalue weighted by molar-refractivity contribution is 5.61. The zero-order valence-corrected chi connectivity index (χ0v) is 73.2. The van der Waals surface area contributed by atoms with Gasteiger partial charge < -0.3 is 14.4 Å². The van der Waals surface area contributed by atoms with Crippen LogP contribution in [0.4, 0.5) is 14.7 Å². The molecule has 0 atom stereocenters. The molecule has 10 rings (SSSR count). The highest BCUT2D eigenvalue weighted by atomic mass is 19.3. The van der Waals surface area contributed by atoms with Crippen molar-refractivity contribution in [3.8, 4) is 56.9 Å². The van der Waals surface area contributed by atoms with Crippen LogP contribution < -0.4 is 14.4 Å². The van der Waals surface area contributed by atoms with Crippen molar-refractivity contribution >= 4 is 5.95 Å². The van der Waals surface area contributed by atoms with Crippen molar-refractivity contribution in [2.45, 2.75) is 281 Å². The van der Waals surface area contributed by atoms with Crippen LogP contribution in [-0.4, -0.2) is 76.1 Å². The van der Waals surface area contributed by atoms with Gasteiger partial charge in [-0.3, -0.25) is 4.98 Å². The molecule has 0 radical (unpaired) electrons. The van der Waals surface area contributed by atoms with Crippen molar-refractivity contribution < 1.29 is 18.3 Å². The Kier molecular flexibility index (Phi) is 32.2. The lowest BCUT2D eigenvalue weighted by Gasteiger charge is -2.39. The van der Waals surface area contributed by atoms with Gasteiger partial charge in [0.2, 0.25) is 5.95 Å². The topological polar surface area (TPSA) is 151 Å². The largest absolute Gasteiger partial charge is 0.494 e. The molecule has 4 aromatic carbocycles. The first-order valence-electron chi connectivity index (χ1n) is 40.2. The summed E-state index contributed by atoms with van der Waals surface area (Å²) in [5, 5.41) is 0. The van der Waals surface area contributed by atoms with Crippen LogP contribution in [0, 0.1) is 76.5 Å². The van der Waals surface area contributed by atoms with E-state index in [2.05, 4.69) is 234 Å². The predicted molar refractivity (Wildman–Crippen MR) is 456 cm³/mol. The van der Waals surface area contributed by atoms with Crippen LogP contribution in [0.3, 0.4) is 0 Å². The molecule has 0 saturated carbocycles. The van der Waals surface area contributed by atoms with Crippen LogP contribution >= 0.6 is 0 Å². The standard InChI is InChI=1S/C21H30N2O.C20H28N2O.C18H22F2N2.C18H31N3.C18H24N2/c1-14(2)19-15(3)22-20(23-16(19)4)17-8-10-18(11-9-17)24-13-12-21(5,6)7;1-14(2)18-13-21-19(22-15(18)3)16-7-9-17(10-8-16)23-12-11-20(4,5)6;1-11(2)16-10-21-17(22-13(16)5)14-6-8-15(9-7-14)18(19,20)12(3)4;1-12(2)16-13(3)19-17(20-14(16)4)21-10-8-15(9-11-21)18(5,6)7;1-12(2)17-13(3)20-16(11-19-17)14-7-9-15(10-8-14)18(4,5)6/h8-11,14H,12-13H2,1-7H3;7-10,13-14H,11-12H2,1-6H3;6-12H,1-5H3;12,15H,8-11H2,1-7H3;7-12H,1-6H3. The summed E-state index contributed by atoms with van der Waals surface area (Å²) in [5.41, 5.74) is 20.8.